The summed E-state index contributed by atoms with van der Waals surface area (Å²) in [5, 5.41) is 1.05. The van der Waals surface area contributed by atoms with Gasteiger partial charge in [-0.1, -0.05) is 12.1 Å². The van der Waals surface area contributed by atoms with Crippen molar-refractivity contribution in [3.8, 4) is 0 Å². The molecular weight excluding hydrogens is 463 g/mol. The molecule has 0 unspecified atom stereocenters. The van der Waals surface area contributed by atoms with Crippen LogP contribution in [0.1, 0.15) is 23.9 Å². The molecule has 1 amide bonds. The molecule has 2 aliphatic heterocycles. The van der Waals surface area contributed by atoms with Crippen molar-refractivity contribution in [2.45, 2.75) is 23.8 Å². The topological polar surface area (TPSA) is 73.8 Å². The first-order chi connectivity index (χ1) is 15.9. The van der Waals surface area contributed by atoms with Crippen LogP contribution in [0.15, 0.2) is 53.4 Å². The number of thiazole rings is 1. The number of nitrogens with zero attached hydrogens (tertiary/aromatic N) is 4. The van der Waals surface area contributed by atoms with E-state index in [4.69, 9.17) is 4.98 Å². The van der Waals surface area contributed by atoms with E-state index in [0.29, 0.717) is 19.6 Å². The van der Waals surface area contributed by atoms with Gasteiger partial charge in [-0.3, -0.25) is 9.69 Å². The number of carbonyl (C=O) groups excluding carboxylic acids is 1. The van der Waals surface area contributed by atoms with Crippen LogP contribution < -0.4 is 0 Å². The van der Waals surface area contributed by atoms with Gasteiger partial charge in [-0.15, -0.1) is 11.3 Å². The molecule has 3 heterocycles. The van der Waals surface area contributed by atoms with Gasteiger partial charge in [0, 0.05) is 26.2 Å². The standard InChI is InChI=1S/C23H25FN4O3S2/c24-17-7-9-18(10-8-17)33(30,31)28-14-12-26(13-15-28)22(29)16-27-11-3-5-20(27)23-25-19-4-1-2-6-21(19)32-23/h1-2,4,6-10,20H,3,5,11-16H2/t20-/m0/s1. The number of sulfonamides is 1. The van der Waals surface area contributed by atoms with E-state index in [-0.39, 0.29) is 29.9 Å². The lowest BCUT2D eigenvalue weighted by Crippen LogP contribution is -2.52. The predicted molar refractivity (Wildman–Crippen MR) is 125 cm³/mol. The number of benzene rings is 2. The minimum atomic E-state index is -3.70. The quantitative estimate of drug-likeness (QED) is 0.552. The SMILES string of the molecule is O=C(CN1CCC[C@H]1c1nc2ccccc2s1)N1CCN(S(=O)(=O)c2ccc(F)cc2)CC1. The van der Waals surface area contributed by atoms with Crippen LogP contribution in [0.2, 0.25) is 0 Å². The molecule has 0 aliphatic carbocycles. The molecule has 174 valence electrons. The molecule has 2 aliphatic rings. The van der Waals surface area contributed by atoms with Crippen molar-refractivity contribution in [2.24, 2.45) is 0 Å². The summed E-state index contributed by atoms with van der Waals surface area (Å²) >= 11 is 1.69. The Labute approximate surface area is 196 Å². The van der Waals surface area contributed by atoms with Crippen LogP contribution in [0.3, 0.4) is 0 Å². The average Bonchev–Trinajstić information content (AvgIpc) is 3.46. The number of aromatic nitrogens is 1. The van der Waals surface area contributed by atoms with Gasteiger partial charge in [0.25, 0.3) is 0 Å². The Bertz CT molecular complexity index is 1220. The summed E-state index contributed by atoms with van der Waals surface area (Å²) in [5.41, 5.74) is 0.995. The highest BCUT2D eigenvalue weighted by atomic mass is 32.2. The van der Waals surface area contributed by atoms with Crippen molar-refractivity contribution in [3.05, 3.63) is 59.4 Å². The zero-order valence-corrected chi connectivity index (χ0v) is 19.7. The summed E-state index contributed by atoms with van der Waals surface area (Å²) in [6, 6.07) is 13.1. The Morgan fingerprint density at radius 2 is 1.76 bits per heavy atom. The number of likely N-dealkylation sites (tertiary alicyclic amines) is 1. The maximum Gasteiger partial charge on any atom is 0.243 e. The van der Waals surface area contributed by atoms with E-state index in [2.05, 4.69) is 11.0 Å². The van der Waals surface area contributed by atoms with Crippen LogP contribution in [0.5, 0.6) is 0 Å². The van der Waals surface area contributed by atoms with Gasteiger partial charge in [-0.25, -0.2) is 17.8 Å². The Morgan fingerprint density at radius 3 is 2.48 bits per heavy atom. The van der Waals surface area contributed by atoms with Gasteiger partial charge in [-0.2, -0.15) is 4.31 Å². The molecular formula is C23H25FN4O3S2. The first kappa shape index (κ1) is 22.4. The van der Waals surface area contributed by atoms with Crippen LogP contribution >= 0.6 is 11.3 Å². The van der Waals surface area contributed by atoms with E-state index in [1.54, 1.807) is 16.2 Å². The third-order valence-electron chi connectivity index (χ3n) is 6.34. The fourth-order valence-electron chi connectivity index (χ4n) is 4.53. The first-order valence-corrected chi connectivity index (χ1v) is 13.3. The molecule has 3 aromatic rings. The summed E-state index contributed by atoms with van der Waals surface area (Å²) < 4.78 is 41.3. The number of piperazine rings is 1. The molecule has 10 heteroatoms. The summed E-state index contributed by atoms with van der Waals surface area (Å²) in [4.78, 5) is 21.8. The molecule has 0 spiro atoms. The fraction of sp³-hybridized carbons (Fsp3) is 0.391. The van der Waals surface area contributed by atoms with Crippen LogP contribution in [-0.2, 0) is 14.8 Å². The third-order valence-corrected chi connectivity index (χ3v) is 9.39. The van der Waals surface area contributed by atoms with Crippen LogP contribution in [-0.4, -0.2) is 72.7 Å². The summed E-state index contributed by atoms with van der Waals surface area (Å²) in [7, 11) is -3.70. The molecule has 0 radical (unpaired) electrons. The molecule has 0 bridgehead atoms. The number of rotatable bonds is 5. The number of hydrogen-bond donors (Lipinski definition) is 0. The average molecular weight is 489 g/mol. The number of para-hydroxylation sites is 1. The van der Waals surface area contributed by atoms with Crippen molar-refractivity contribution >= 4 is 37.5 Å². The van der Waals surface area contributed by atoms with Crippen molar-refractivity contribution in [1.29, 1.82) is 0 Å². The molecule has 0 N–H and O–H groups in total. The maximum atomic E-state index is 13.2. The number of hydrogen-bond acceptors (Lipinski definition) is 6. The lowest BCUT2D eigenvalue weighted by molar-refractivity contribution is -0.133. The number of carbonyl (C=O) groups is 1. The maximum absolute atomic E-state index is 13.2. The Kier molecular flexibility index (Phi) is 6.17. The molecule has 33 heavy (non-hydrogen) atoms. The molecule has 7 nitrogen and oxygen atoms in total. The van der Waals surface area contributed by atoms with E-state index in [9.17, 15) is 17.6 Å². The van der Waals surface area contributed by atoms with Crippen molar-refractivity contribution in [1.82, 2.24) is 19.1 Å². The molecule has 1 atom stereocenters. The highest BCUT2D eigenvalue weighted by molar-refractivity contribution is 7.89. The van der Waals surface area contributed by atoms with E-state index in [0.717, 1.165) is 46.7 Å². The normalized spacial score (nSPS) is 20.5. The zero-order chi connectivity index (χ0) is 23.0. The van der Waals surface area contributed by atoms with Gasteiger partial charge in [-0.05, 0) is 55.8 Å². The van der Waals surface area contributed by atoms with Gasteiger partial charge in [0.05, 0.1) is 27.7 Å². The third kappa shape index (κ3) is 4.52. The molecule has 2 fully saturated rings. The number of amides is 1. The fourth-order valence-corrected chi connectivity index (χ4v) is 7.09. The van der Waals surface area contributed by atoms with E-state index < -0.39 is 15.8 Å². The van der Waals surface area contributed by atoms with Crippen LogP contribution in [0, 0.1) is 5.82 Å². The van der Waals surface area contributed by atoms with Crippen molar-refractivity contribution in [2.75, 3.05) is 39.3 Å². The minimum Gasteiger partial charge on any atom is -0.339 e. The minimum absolute atomic E-state index is 0.0156. The monoisotopic (exact) mass is 488 g/mol. The number of halogens is 1. The Hall–Kier alpha value is -2.40. The van der Waals surface area contributed by atoms with Gasteiger partial charge in [0.15, 0.2) is 0 Å². The smallest absolute Gasteiger partial charge is 0.243 e. The first-order valence-electron chi connectivity index (χ1n) is 11.0. The van der Waals surface area contributed by atoms with Crippen molar-refractivity contribution < 1.29 is 17.6 Å². The number of fused-ring (bicyclic) bond motifs is 1. The lowest BCUT2D eigenvalue weighted by atomic mass is 10.2. The summed E-state index contributed by atoms with van der Waals surface area (Å²) in [5.74, 6) is -0.461. The van der Waals surface area contributed by atoms with E-state index in [1.807, 2.05) is 18.2 Å². The van der Waals surface area contributed by atoms with Crippen molar-refractivity contribution in [3.63, 3.8) is 0 Å². The highest BCUT2D eigenvalue weighted by Crippen LogP contribution is 2.36. The zero-order valence-electron chi connectivity index (χ0n) is 18.1. The predicted octanol–water partition coefficient (Wildman–Crippen LogP) is 3.11. The van der Waals surface area contributed by atoms with Crippen LogP contribution in [0.4, 0.5) is 4.39 Å². The Balaban J connectivity index is 1.21. The molecule has 0 saturated carbocycles. The molecule has 2 saturated heterocycles. The lowest BCUT2D eigenvalue weighted by Gasteiger charge is -2.35. The second-order valence-electron chi connectivity index (χ2n) is 8.39. The second-order valence-corrected chi connectivity index (χ2v) is 11.4. The Morgan fingerprint density at radius 1 is 1.03 bits per heavy atom. The van der Waals surface area contributed by atoms with E-state index >= 15 is 0 Å². The largest absolute Gasteiger partial charge is 0.339 e. The van der Waals surface area contributed by atoms with Gasteiger partial charge < -0.3 is 4.90 Å². The second kappa shape index (κ2) is 9.09. The van der Waals surface area contributed by atoms with Gasteiger partial charge in [0.2, 0.25) is 15.9 Å². The van der Waals surface area contributed by atoms with Gasteiger partial charge >= 0.3 is 0 Å². The van der Waals surface area contributed by atoms with Crippen LogP contribution in [0.25, 0.3) is 10.2 Å². The highest BCUT2D eigenvalue weighted by Gasteiger charge is 2.34. The molecule has 5 rings (SSSR count). The van der Waals surface area contributed by atoms with E-state index in [1.165, 1.54) is 16.4 Å². The summed E-state index contributed by atoms with van der Waals surface area (Å²) in [6.45, 7) is 2.31. The molecule has 1 aromatic heterocycles. The summed E-state index contributed by atoms with van der Waals surface area (Å²) in [6.07, 6.45) is 2.01. The van der Waals surface area contributed by atoms with Gasteiger partial charge in [0.1, 0.15) is 10.8 Å². The molecule has 2 aromatic carbocycles.